The van der Waals surface area contributed by atoms with Gasteiger partial charge in [0.15, 0.2) is 11.5 Å². The summed E-state index contributed by atoms with van der Waals surface area (Å²) in [6, 6.07) is 19.3. The van der Waals surface area contributed by atoms with Crippen LogP contribution in [0.5, 0.6) is 11.5 Å². The van der Waals surface area contributed by atoms with Crippen LogP contribution in [0.25, 0.3) is 0 Å². The predicted molar refractivity (Wildman–Crippen MR) is 111 cm³/mol. The number of hydrogen-bond donors (Lipinski definition) is 1. The Morgan fingerprint density at radius 3 is 2.64 bits per heavy atom. The molecule has 0 amide bonds. The van der Waals surface area contributed by atoms with Crippen LogP contribution in [0.4, 0.5) is 10.1 Å². The lowest BCUT2D eigenvalue weighted by Gasteiger charge is -2.13. The van der Waals surface area contributed by atoms with Gasteiger partial charge in [-0.2, -0.15) is 5.10 Å². The second-order valence-corrected chi connectivity index (χ2v) is 6.34. The molecule has 0 aliphatic rings. The first-order chi connectivity index (χ1) is 13.7. The highest BCUT2D eigenvalue weighted by Crippen LogP contribution is 2.29. The lowest BCUT2D eigenvalue weighted by Crippen LogP contribution is -2.02. The molecule has 0 aliphatic carbocycles. The Hall–Kier alpha value is -3.05. The third-order valence-electron chi connectivity index (χ3n) is 3.84. The third-order valence-corrected chi connectivity index (χ3v) is 4.08. The predicted octanol–water partition coefficient (Wildman–Crippen LogP) is 5.90. The van der Waals surface area contributed by atoms with Crippen molar-refractivity contribution in [1.82, 2.24) is 0 Å². The van der Waals surface area contributed by atoms with Crippen molar-refractivity contribution in [3.8, 4) is 11.5 Å². The Bertz CT molecular complexity index is 963. The normalized spacial score (nSPS) is 10.8. The van der Waals surface area contributed by atoms with Crippen molar-refractivity contribution in [2.24, 2.45) is 5.10 Å². The molecule has 3 rings (SSSR count). The SMILES string of the molecule is CCOc1cc(C=NNc2cccc(Cl)c2)ccc1OCc1ccccc1F. The summed E-state index contributed by atoms with van der Waals surface area (Å²) in [6.45, 7) is 2.50. The maximum absolute atomic E-state index is 13.8. The molecule has 144 valence electrons. The molecule has 28 heavy (non-hydrogen) atoms. The minimum atomic E-state index is -0.295. The molecule has 0 spiro atoms. The van der Waals surface area contributed by atoms with Gasteiger partial charge in [-0.25, -0.2) is 4.39 Å². The van der Waals surface area contributed by atoms with Crippen LogP contribution < -0.4 is 14.9 Å². The maximum Gasteiger partial charge on any atom is 0.161 e. The molecule has 4 nitrogen and oxygen atoms in total. The molecular weight excluding hydrogens is 379 g/mol. The molecule has 3 aromatic carbocycles. The number of hydrazone groups is 1. The van der Waals surface area contributed by atoms with Crippen LogP contribution in [0, 0.1) is 5.82 Å². The third kappa shape index (κ3) is 5.47. The summed E-state index contributed by atoms with van der Waals surface area (Å²) in [6.07, 6.45) is 1.67. The van der Waals surface area contributed by atoms with E-state index in [0.717, 1.165) is 11.3 Å². The molecule has 3 aromatic rings. The van der Waals surface area contributed by atoms with Crippen molar-refractivity contribution < 1.29 is 13.9 Å². The molecule has 0 heterocycles. The average Bonchev–Trinajstić information content (AvgIpc) is 2.69. The molecule has 0 saturated heterocycles. The Labute approximate surface area is 168 Å². The van der Waals surface area contributed by atoms with Crippen molar-refractivity contribution in [2.45, 2.75) is 13.5 Å². The van der Waals surface area contributed by atoms with Gasteiger partial charge in [0.05, 0.1) is 18.5 Å². The fourth-order valence-corrected chi connectivity index (χ4v) is 2.69. The van der Waals surface area contributed by atoms with Crippen molar-refractivity contribution in [3.05, 3.63) is 88.7 Å². The molecule has 0 radical (unpaired) electrons. The van der Waals surface area contributed by atoms with Gasteiger partial charge in [0.2, 0.25) is 0 Å². The summed E-state index contributed by atoms with van der Waals surface area (Å²) in [4.78, 5) is 0. The molecule has 0 aromatic heterocycles. The first-order valence-electron chi connectivity index (χ1n) is 8.83. The van der Waals surface area contributed by atoms with Crippen LogP contribution >= 0.6 is 11.6 Å². The number of halogens is 2. The number of nitrogens with one attached hydrogen (secondary N) is 1. The first-order valence-corrected chi connectivity index (χ1v) is 9.21. The topological polar surface area (TPSA) is 42.8 Å². The summed E-state index contributed by atoms with van der Waals surface area (Å²) in [5, 5.41) is 4.84. The second-order valence-electron chi connectivity index (χ2n) is 5.90. The summed E-state index contributed by atoms with van der Waals surface area (Å²) in [5.41, 5.74) is 5.03. The zero-order valence-electron chi connectivity index (χ0n) is 15.4. The number of nitrogens with zero attached hydrogens (tertiary/aromatic N) is 1. The van der Waals surface area contributed by atoms with Gasteiger partial charge in [-0.15, -0.1) is 0 Å². The minimum Gasteiger partial charge on any atom is -0.490 e. The van der Waals surface area contributed by atoms with E-state index >= 15 is 0 Å². The molecule has 0 saturated carbocycles. The number of hydrogen-bond acceptors (Lipinski definition) is 4. The minimum absolute atomic E-state index is 0.122. The zero-order valence-corrected chi connectivity index (χ0v) is 16.1. The van der Waals surface area contributed by atoms with E-state index in [4.69, 9.17) is 21.1 Å². The molecule has 0 bridgehead atoms. The fourth-order valence-electron chi connectivity index (χ4n) is 2.50. The van der Waals surface area contributed by atoms with E-state index in [1.807, 2.05) is 31.2 Å². The summed E-state index contributed by atoms with van der Waals surface area (Å²) in [7, 11) is 0. The number of rotatable bonds is 8. The van der Waals surface area contributed by atoms with Crippen LogP contribution in [-0.4, -0.2) is 12.8 Å². The average molecular weight is 399 g/mol. The molecule has 0 atom stereocenters. The van der Waals surface area contributed by atoms with E-state index in [1.54, 1.807) is 42.6 Å². The molecule has 0 fully saturated rings. The van der Waals surface area contributed by atoms with Gasteiger partial charge < -0.3 is 9.47 Å². The van der Waals surface area contributed by atoms with E-state index in [-0.39, 0.29) is 12.4 Å². The van der Waals surface area contributed by atoms with E-state index in [9.17, 15) is 4.39 Å². The van der Waals surface area contributed by atoms with Crippen LogP contribution in [0.3, 0.4) is 0 Å². The highest BCUT2D eigenvalue weighted by molar-refractivity contribution is 6.30. The van der Waals surface area contributed by atoms with Crippen LogP contribution in [0.2, 0.25) is 5.02 Å². The summed E-state index contributed by atoms with van der Waals surface area (Å²) in [5.74, 6) is 0.826. The van der Waals surface area contributed by atoms with Gasteiger partial charge in [-0.1, -0.05) is 35.9 Å². The maximum atomic E-state index is 13.8. The van der Waals surface area contributed by atoms with Gasteiger partial charge in [0.1, 0.15) is 12.4 Å². The summed E-state index contributed by atoms with van der Waals surface area (Å²) >= 11 is 5.95. The van der Waals surface area contributed by atoms with E-state index in [0.29, 0.717) is 28.7 Å². The standard InChI is InChI=1S/C22H20ClFN2O2/c1-2-27-22-12-16(14-25-26-19-8-5-7-18(23)13-19)10-11-21(22)28-15-17-6-3-4-9-20(17)24/h3-14,26H,2,15H2,1H3. The second kappa shape index (κ2) is 9.76. The Morgan fingerprint density at radius 2 is 1.86 bits per heavy atom. The van der Waals surface area contributed by atoms with E-state index < -0.39 is 0 Å². The van der Waals surface area contributed by atoms with Crippen LogP contribution in [0.1, 0.15) is 18.1 Å². The quantitative estimate of drug-likeness (QED) is 0.379. The molecule has 0 aliphatic heterocycles. The lowest BCUT2D eigenvalue weighted by atomic mass is 10.2. The highest BCUT2D eigenvalue weighted by Gasteiger charge is 2.08. The Balaban J connectivity index is 1.69. The van der Waals surface area contributed by atoms with E-state index in [1.165, 1.54) is 6.07 Å². The highest BCUT2D eigenvalue weighted by atomic mass is 35.5. The van der Waals surface area contributed by atoms with Gasteiger partial charge in [-0.05, 0) is 55.0 Å². The largest absolute Gasteiger partial charge is 0.490 e. The molecule has 6 heteroatoms. The van der Waals surface area contributed by atoms with Crippen molar-refractivity contribution in [3.63, 3.8) is 0 Å². The van der Waals surface area contributed by atoms with Gasteiger partial charge in [0, 0.05) is 10.6 Å². The van der Waals surface area contributed by atoms with Gasteiger partial charge >= 0.3 is 0 Å². The van der Waals surface area contributed by atoms with Crippen LogP contribution in [0.15, 0.2) is 71.8 Å². The lowest BCUT2D eigenvalue weighted by molar-refractivity contribution is 0.266. The van der Waals surface area contributed by atoms with Gasteiger partial charge in [-0.3, -0.25) is 5.43 Å². The van der Waals surface area contributed by atoms with Crippen molar-refractivity contribution in [2.75, 3.05) is 12.0 Å². The molecule has 1 N–H and O–H groups in total. The van der Waals surface area contributed by atoms with Crippen molar-refractivity contribution >= 4 is 23.5 Å². The number of anilines is 1. The summed E-state index contributed by atoms with van der Waals surface area (Å²) < 4.78 is 25.2. The molecule has 0 unspecified atom stereocenters. The first kappa shape index (κ1) is 19.7. The number of benzene rings is 3. The Kier molecular flexibility index (Phi) is 6.87. The van der Waals surface area contributed by atoms with Crippen LogP contribution in [-0.2, 0) is 6.61 Å². The molecular formula is C22H20ClFN2O2. The zero-order chi connectivity index (χ0) is 19.8. The smallest absolute Gasteiger partial charge is 0.161 e. The fraction of sp³-hybridized carbons (Fsp3) is 0.136. The van der Waals surface area contributed by atoms with E-state index in [2.05, 4.69) is 10.5 Å². The Morgan fingerprint density at radius 1 is 1.00 bits per heavy atom. The van der Waals surface area contributed by atoms with Gasteiger partial charge in [0.25, 0.3) is 0 Å². The van der Waals surface area contributed by atoms with Crippen molar-refractivity contribution in [1.29, 1.82) is 0 Å². The number of ether oxygens (including phenoxy) is 2. The monoisotopic (exact) mass is 398 g/mol.